The fourth-order valence-corrected chi connectivity index (χ4v) is 0.769. The lowest BCUT2D eigenvalue weighted by atomic mass is 10.3. The third kappa shape index (κ3) is 3.99. The predicted octanol–water partition coefficient (Wildman–Crippen LogP) is 0.503. The molecule has 0 fully saturated rings. The number of rotatable bonds is 4. The molecule has 0 aromatic rings. The van der Waals surface area contributed by atoms with Gasteiger partial charge in [0.15, 0.2) is 0 Å². The molecule has 3 heteroatoms. The van der Waals surface area contributed by atoms with Crippen LogP contribution < -0.4 is 0 Å². The SMILES string of the molecule is C#CCN(CC(=O)OC)C(C)C. The zero-order chi connectivity index (χ0) is 9.56. The molecule has 0 amide bonds. The highest BCUT2D eigenvalue weighted by Crippen LogP contribution is 1.96. The van der Waals surface area contributed by atoms with Crippen LogP contribution in [-0.4, -0.2) is 37.1 Å². The maximum atomic E-state index is 10.9. The maximum absolute atomic E-state index is 10.9. The average molecular weight is 169 g/mol. The Hall–Kier alpha value is -1.01. The van der Waals surface area contributed by atoms with Crippen LogP contribution in [0.3, 0.4) is 0 Å². The third-order valence-corrected chi connectivity index (χ3v) is 1.58. The van der Waals surface area contributed by atoms with E-state index >= 15 is 0 Å². The Labute approximate surface area is 73.7 Å². The normalized spacial score (nSPS) is 10.0. The Balaban J connectivity index is 3.97. The molecule has 0 N–H and O–H groups in total. The van der Waals surface area contributed by atoms with Gasteiger partial charge in [-0.2, -0.15) is 0 Å². The van der Waals surface area contributed by atoms with Gasteiger partial charge in [-0.3, -0.25) is 9.69 Å². The zero-order valence-electron chi connectivity index (χ0n) is 7.83. The molecule has 12 heavy (non-hydrogen) atoms. The summed E-state index contributed by atoms with van der Waals surface area (Å²) in [6.07, 6.45) is 5.14. The first-order valence-corrected chi connectivity index (χ1v) is 3.86. The van der Waals surface area contributed by atoms with E-state index in [1.165, 1.54) is 7.11 Å². The molecule has 0 rings (SSSR count). The molecule has 0 bridgehead atoms. The summed E-state index contributed by atoms with van der Waals surface area (Å²) in [4.78, 5) is 12.7. The van der Waals surface area contributed by atoms with Crippen molar-refractivity contribution in [1.29, 1.82) is 0 Å². The molecule has 0 heterocycles. The molecule has 0 unspecified atom stereocenters. The summed E-state index contributed by atoms with van der Waals surface area (Å²) >= 11 is 0. The van der Waals surface area contributed by atoms with Crippen LogP contribution in [0.4, 0.5) is 0 Å². The third-order valence-electron chi connectivity index (χ3n) is 1.58. The summed E-state index contributed by atoms with van der Waals surface area (Å²) in [5.41, 5.74) is 0. The molecule has 3 nitrogen and oxygen atoms in total. The zero-order valence-corrected chi connectivity index (χ0v) is 7.83. The minimum absolute atomic E-state index is 0.251. The predicted molar refractivity (Wildman–Crippen MR) is 47.6 cm³/mol. The molecule has 0 aliphatic carbocycles. The van der Waals surface area contributed by atoms with Crippen molar-refractivity contribution in [2.24, 2.45) is 0 Å². The van der Waals surface area contributed by atoms with E-state index in [2.05, 4.69) is 10.7 Å². The quantitative estimate of drug-likeness (QED) is 0.453. The first kappa shape index (κ1) is 11.0. The van der Waals surface area contributed by atoms with E-state index in [9.17, 15) is 4.79 Å². The van der Waals surface area contributed by atoms with Crippen molar-refractivity contribution in [3.63, 3.8) is 0 Å². The number of nitrogens with zero attached hydrogens (tertiary/aromatic N) is 1. The maximum Gasteiger partial charge on any atom is 0.319 e. The first-order chi connectivity index (χ1) is 5.61. The summed E-state index contributed by atoms with van der Waals surface area (Å²) in [7, 11) is 1.37. The van der Waals surface area contributed by atoms with Gasteiger partial charge in [0.1, 0.15) is 0 Å². The number of hydrogen-bond donors (Lipinski definition) is 0. The molecule has 0 aromatic carbocycles. The second-order valence-corrected chi connectivity index (χ2v) is 2.78. The van der Waals surface area contributed by atoms with E-state index in [-0.39, 0.29) is 18.6 Å². The molecular weight excluding hydrogens is 154 g/mol. The summed E-state index contributed by atoms with van der Waals surface area (Å²) < 4.78 is 4.53. The second-order valence-electron chi connectivity index (χ2n) is 2.78. The van der Waals surface area contributed by atoms with Crippen LogP contribution >= 0.6 is 0 Å². The lowest BCUT2D eigenvalue weighted by molar-refractivity contribution is -0.142. The minimum atomic E-state index is -0.251. The summed E-state index contributed by atoms with van der Waals surface area (Å²) in [6.45, 7) is 4.71. The Morgan fingerprint density at radius 2 is 2.25 bits per heavy atom. The van der Waals surface area contributed by atoms with Gasteiger partial charge in [-0.05, 0) is 13.8 Å². The van der Waals surface area contributed by atoms with Gasteiger partial charge >= 0.3 is 5.97 Å². The average Bonchev–Trinajstić information content (AvgIpc) is 2.03. The van der Waals surface area contributed by atoms with Crippen molar-refractivity contribution in [3.05, 3.63) is 0 Å². The number of carbonyl (C=O) groups excluding carboxylic acids is 1. The van der Waals surface area contributed by atoms with Gasteiger partial charge in [0.25, 0.3) is 0 Å². The van der Waals surface area contributed by atoms with Gasteiger partial charge in [-0.25, -0.2) is 0 Å². The summed E-state index contributed by atoms with van der Waals surface area (Å²) in [5, 5.41) is 0. The molecule has 0 spiro atoms. The Bertz CT molecular complexity index is 181. The van der Waals surface area contributed by atoms with Gasteiger partial charge < -0.3 is 4.74 Å². The van der Waals surface area contributed by atoms with E-state index in [1.807, 2.05) is 18.7 Å². The molecule has 0 aromatic heterocycles. The highest BCUT2D eigenvalue weighted by atomic mass is 16.5. The van der Waals surface area contributed by atoms with Crippen LogP contribution in [0.2, 0.25) is 0 Å². The molecule has 0 atom stereocenters. The lowest BCUT2D eigenvalue weighted by Gasteiger charge is -2.22. The van der Waals surface area contributed by atoms with E-state index in [0.29, 0.717) is 6.54 Å². The molecule has 0 saturated heterocycles. The molecule has 0 saturated carbocycles. The molecule has 0 aliphatic rings. The topological polar surface area (TPSA) is 29.5 Å². The Kier molecular flexibility index (Phi) is 5.14. The Morgan fingerprint density at radius 3 is 2.58 bits per heavy atom. The number of esters is 1. The van der Waals surface area contributed by atoms with E-state index in [1.54, 1.807) is 0 Å². The molecule has 68 valence electrons. The fraction of sp³-hybridized carbons (Fsp3) is 0.667. The molecule has 0 aliphatic heterocycles. The number of carbonyl (C=O) groups is 1. The van der Waals surface area contributed by atoms with Gasteiger partial charge in [-0.15, -0.1) is 6.42 Å². The number of methoxy groups -OCH3 is 1. The van der Waals surface area contributed by atoms with Gasteiger partial charge in [-0.1, -0.05) is 5.92 Å². The minimum Gasteiger partial charge on any atom is -0.468 e. The van der Waals surface area contributed by atoms with Gasteiger partial charge in [0.05, 0.1) is 20.2 Å². The van der Waals surface area contributed by atoms with Crippen molar-refractivity contribution >= 4 is 5.97 Å². The smallest absolute Gasteiger partial charge is 0.319 e. The van der Waals surface area contributed by atoms with E-state index < -0.39 is 0 Å². The highest BCUT2D eigenvalue weighted by molar-refractivity contribution is 5.71. The second kappa shape index (κ2) is 5.62. The first-order valence-electron chi connectivity index (χ1n) is 3.86. The summed E-state index contributed by atoms with van der Waals surface area (Å²) in [6, 6.07) is 0.264. The molecule has 0 radical (unpaired) electrons. The monoisotopic (exact) mass is 169 g/mol. The van der Waals surface area contributed by atoms with E-state index in [4.69, 9.17) is 6.42 Å². The standard InChI is InChI=1S/C9H15NO2/c1-5-6-10(8(2)3)7-9(11)12-4/h1,8H,6-7H2,2-4H3. The van der Waals surface area contributed by atoms with Crippen LogP contribution in [0.5, 0.6) is 0 Å². The highest BCUT2D eigenvalue weighted by Gasteiger charge is 2.12. The number of hydrogen-bond acceptors (Lipinski definition) is 3. The fourth-order valence-electron chi connectivity index (χ4n) is 0.769. The van der Waals surface area contributed by atoms with Gasteiger partial charge in [0.2, 0.25) is 0 Å². The van der Waals surface area contributed by atoms with Crippen LogP contribution in [-0.2, 0) is 9.53 Å². The van der Waals surface area contributed by atoms with Crippen molar-refractivity contribution in [2.45, 2.75) is 19.9 Å². The lowest BCUT2D eigenvalue weighted by Crippen LogP contribution is -2.36. The van der Waals surface area contributed by atoms with Crippen molar-refractivity contribution < 1.29 is 9.53 Å². The van der Waals surface area contributed by atoms with Crippen molar-refractivity contribution in [1.82, 2.24) is 4.90 Å². The van der Waals surface area contributed by atoms with Crippen LogP contribution in [0.25, 0.3) is 0 Å². The van der Waals surface area contributed by atoms with E-state index in [0.717, 1.165) is 0 Å². The van der Waals surface area contributed by atoms with Crippen molar-refractivity contribution in [3.8, 4) is 12.3 Å². The molecular formula is C9H15NO2. The van der Waals surface area contributed by atoms with Crippen LogP contribution in [0.1, 0.15) is 13.8 Å². The number of terminal acetylenes is 1. The summed E-state index contributed by atoms with van der Waals surface area (Å²) in [5.74, 6) is 2.25. The van der Waals surface area contributed by atoms with Crippen LogP contribution in [0, 0.1) is 12.3 Å². The van der Waals surface area contributed by atoms with Crippen molar-refractivity contribution in [2.75, 3.05) is 20.2 Å². The van der Waals surface area contributed by atoms with Crippen LogP contribution in [0.15, 0.2) is 0 Å². The van der Waals surface area contributed by atoms with Gasteiger partial charge in [0, 0.05) is 6.04 Å². The largest absolute Gasteiger partial charge is 0.468 e. The Morgan fingerprint density at radius 1 is 1.67 bits per heavy atom. The number of ether oxygens (including phenoxy) is 1.